The molecule has 0 spiro atoms. The Morgan fingerprint density at radius 1 is 1.52 bits per heavy atom. The van der Waals surface area contributed by atoms with Gasteiger partial charge in [0, 0.05) is 38.6 Å². The molecule has 8 nitrogen and oxygen atoms in total. The molecule has 3 rings (SSSR count). The molecule has 0 aromatic carbocycles. The largest absolute Gasteiger partial charge is 0.381 e. The van der Waals surface area contributed by atoms with Gasteiger partial charge in [0.25, 0.3) is 0 Å². The number of aromatic amines is 1. The van der Waals surface area contributed by atoms with Crippen LogP contribution in [0, 0.1) is 0 Å². The average molecular weight is 290 g/mol. The van der Waals surface area contributed by atoms with Crippen molar-refractivity contribution in [3.8, 4) is 0 Å². The van der Waals surface area contributed by atoms with E-state index in [4.69, 9.17) is 4.74 Å². The minimum absolute atomic E-state index is 0.199. The fourth-order valence-electron chi connectivity index (χ4n) is 2.37. The van der Waals surface area contributed by atoms with Crippen LogP contribution < -0.4 is 11.0 Å². The Hall–Kier alpha value is -2.22. The van der Waals surface area contributed by atoms with E-state index < -0.39 is 0 Å². The van der Waals surface area contributed by atoms with E-state index in [0.717, 1.165) is 31.1 Å². The van der Waals surface area contributed by atoms with Gasteiger partial charge < -0.3 is 10.1 Å². The molecular formula is C13H18N6O2. The van der Waals surface area contributed by atoms with E-state index in [2.05, 4.69) is 25.5 Å². The van der Waals surface area contributed by atoms with Crippen LogP contribution in [0.5, 0.6) is 0 Å². The first-order chi connectivity index (χ1) is 10.2. The third-order valence-corrected chi connectivity index (χ3v) is 3.66. The molecule has 112 valence electrons. The monoisotopic (exact) mass is 290 g/mol. The molecule has 2 aromatic heterocycles. The summed E-state index contributed by atoms with van der Waals surface area (Å²) in [6.07, 6.45) is 3.22. The van der Waals surface area contributed by atoms with Crippen LogP contribution in [0.2, 0.25) is 0 Å². The van der Waals surface area contributed by atoms with Crippen LogP contribution in [0.1, 0.15) is 23.9 Å². The highest BCUT2D eigenvalue weighted by Gasteiger charge is 2.19. The predicted octanol–water partition coefficient (Wildman–Crippen LogP) is 0.0569. The van der Waals surface area contributed by atoms with Gasteiger partial charge in [0.2, 0.25) is 0 Å². The maximum Gasteiger partial charge on any atom is 0.343 e. The standard InChI is InChI=1S/C13H18N6O2/c1-19-12(17-18-13(19)20)2-4-14-11-6-10(15-8-16-11)9-3-5-21-7-9/h6,8-9H,2-5,7H2,1H3,(H,18,20)(H,14,15,16)/t9-/m0/s1. The van der Waals surface area contributed by atoms with E-state index in [-0.39, 0.29) is 5.69 Å². The van der Waals surface area contributed by atoms with Crippen LogP contribution in [0.15, 0.2) is 17.2 Å². The number of hydrogen-bond acceptors (Lipinski definition) is 6. The first-order valence-corrected chi connectivity index (χ1v) is 6.98. The lowest BCUT2D eigenvalue weighted by molar-refractivity contribution is 0.193. The van der Waals surface area contributed by atoms with Gasteiger partial charge in [0.15, 0.2) is 0 Å². The van der Waals surface area contributed by atoms with Gasteiger partial charge in [-0.1, -0.05) is 0 Å². The second kappa shape index (κ2) is 6.04. The van der Waals surface area contributed by atoms with Gasteiger partial charge in [0.1, 0.15) is 18.0 Å². The number of nitrogens with zero attached hydrogens (tertiary/aromatic N) is 4. The molecule has 2 N–H and O–H groups in total. The normalized spacial score (nSPS) is 18.0. The molecule has 1 saturated heterocycles. The summed E-state index contributed by atoms with van der Waals surface area (Å²) in [6.45, 7) is 2.17. The third kappa shape index (κ3) is 3.10. The Balaban J connectivity index is 1.59. The SMILES string of the molecule is Cn1c(CCNc2cc([C@H]3CCOC3)ncn2)n[nH]c1=O. The quantitative estimate of drug-likeness (QED) is 0.808. The summed E-state index contributed by atoms with van der Waals surface area (Å²) in [5.41, 5.74) is 0.813. The van der Waals surface area contributed by atoms with Crippen LogP contribution in [-0.2, 0) is 18.2 Å². The summed E-state index contributed by atoms with van der Waals surface area (Å²) in [7, 11) is 1.70. The fourth-order valence-corrected chi connectivity index (χ4v) is 2.37. The lowest BCUT2D eigenvalue weighted by atomic mass is 10.1. The Kier molecular flexibility index (Phi) is 3.96. The Morgan fingerprint density at radius 2 is 2.43 bits per heavy atom. The molecule has 3 heterocycles. The van der Waals surface area contributed by atoms with Crippen LogP contribution in [0.25, 0.3) is 0 Å². The number of rotatable bonds is 5. The maximum atomic E-state index is 11.3. The van der Waals surface area contributed by atoms with Gasteiger partial charge in [-0.3, -0.25) is 4.57 Å². The smallest absolute Gasteiger partial charge is 0.343 e. The zero-order valence-corrected chi connectivity index (χ0v) is 11.9. The first-order valence-electron chi connectivity index (χ1n) is 6.98. The molecule has 1 fully saturated rings. The molecule has 0 bridgehead atoms. The predicted molar refractivity (Wildman–Crippen MR) is 76.2 cm³/mol. The van der Waals surface area contributed by atoms with Crippen LogP contribution >= 0.6 is 0 Å². The summed E-state index contributed by atoms with van der Waals surface area (Å²) in [5.74, 6) is 1.86. The second-order valence-electron chi connectivity index (χ2n) is 5.07. The van der Waals surface area contributed by atoms with Crippen molar-refractivity contribution in [1.82, 2.24) is 24.7 Å². The van der Waals surface area contributed by atoms with Gasteiger partial charge in [-0.25, -0.2) is 19.9 Å². The van der Waals surface area contributed by atoms with Crippen molar-refractivity contribution >= 4 is 5.82 Å². The average Bonchev–Trinajstić information content (AvgIpc) is 3.13. The van der Waals surface area contributed by atoms with Gasteiger partial charge >= 0.3 is 5.69 Å². The van der Waals surface area contributed by atoms with E-state index >= 15 is 0 Å². The number of ether oxygens (including phenoxy) is 1. The van der Waals surface area contributed by atoms with Crippen molar-refractivity contribution in [3.63, 3.8) is 0 Å². The summed E-state index contributed by atoms with van der Waals surface area (Å²) in [5, 5.41) is 9.62. The zero-order valence-electron chi connectivity index (χ0n) is 11.9. The van der Waals surface area contributed by atoms with Crippen molar-refractivity contribution in [1.29, 1.82) is 0 Å². The van der Waals surface area contributed by atoms with Gasteiger partial charge in [0.05, 0.1) is 12.3 Å². The minimum Gasteiger partial charge on any atom is -0.381 e. The van der Waals surface area contributed by atoms with Crippen LogP contribution in [0.3, 0.4) is 0 Å². The Labute approximate surface area is 121 Å². The first kappa shape index (κ1) is 13.7. The number of hydrogen-bond donors (Lipinski definition) is 2. The topological polar surface area (TPSA) is 97.7 Å². The lowest BCUT2D eigenvalue weighted by Crippen LogP contribution is -2.16. The molecule has 1 atom stereocenters. The molecule has 2 aromatic rings. The van der Waals surface area contributed by atoms with Crippen molar-refractivity contribution in [3.05, 3.63) is 34.4 Å². The lowest BCUT2D eigenvalue weighted by Gasteiger charge is -2.09. The van der Waals surface area contributed by atoms with Gasteiger partial charge in [-0.15, -0.1) is 0 Å². The highest BCUT2D eigenvalue weighted by Crippen LogP contribution is 2.24. The van der Waals surface area contributed by atoms with E-state index in [1.165, 1.54) is 4.57 Å². The van der Waals surface area contributed by atoms with Crippen molar-refractivity contribution in [2.24, 2.45) is 7.05 Å². The summed E-state index contributed by atoms with van der Waals surface area (Å²) >= 11 is 0. The highest BCUT2D eigenvalue weighted by atomic mass is 16.5. The molecule has 1 aliphatic rings. The van der Waals surface area contributed by atoms with Gasteiger partial charge in [-0.05, 0) is 6.42 Å². The fraction of sp³-hybridized carbons (Fsp3) is 0.538. The highest BCUT2D eigenvalue weighted by molar-refractivity contribution is 5.36. The minimum atomic E-state index is -0.199. The van der Waals surface area contributed by atoms with Crippen LogP contribution in [-0.4, -0.2) is 44.5 Å². The third-order valence-electron chi connectivity index (χ3n) is 3.66. The molecular weight excluding hydrogens is 272 g/mol. The van der Waals surface area contributed by atoms with Crippen molar-refractivity contribution < 1.29 is 4.74 Å². The Morgan fingerprint density at radius 3 is 3.14 bits per heavy atom. The van der Waals surface area contributed by atoms with E-state index in [1.54, 1.807) is 13.4 Å². The molecule has 0 unspecified atom stereocenters. The maximum absolute atomic E-state index is 11.3. The van der Waals surface area contributed by atoms with E-state index in [1.807, 2.05) is 6.07 Å². The number of aromatic nitrogens is 5. The summed E-state index contributed by atoms with van der Waals surface area (Å²) in [6, 6.07) is 1.96. The van der Waals surface area contributed by atoms with E-state index in [0.29, 0.717) is 24.7 Å². The number of nitrogens with one attached hydrogen (secondary N) is 2. The second-order valence-corrected chi connectivity index (χ2v) is 5.07. The number of anilines is 1. The summed E-state index contributed by atoms with van der Waals surface area (Å²) in [4.78, 5) is 19.8. The van der Waals surface area contributed by atoms with Crippen LogP contribution in [0.4, 0.5) is 5.82 Å². The van der Waals surface area contributed by atoms with E-state index in [9.17, 15) is 4.79 Å². The molecule has 0 amide bonds. The molecule has 1 aliphatic heterocycles. The molecule has 21 heavy (non-hydrogen) atoms. The molecule has 8 heteroatoms. The molecule has 0 saturated carbocycles. The number of H-pyrrole nitrogens is 1. The van der Waals surface area contributed by atoms with Crippen molar-refractivity contribution in [2.75, 3.05) is 25.1 Å². The van der Waals surface area contributed by atoms with Gasteiger partial charge in [-0.2, -0.15) is 5.10 Å². The Bertz CT molecular complexity index is 659. The molecule has 0 aliphatic carbocycles. The zero-order chi connectivity index (χ0) is 14.7. The molecule has 0 radical (unpaired) electrons. The summed E-state index contributed by atoms with van der Waals surface area (Å²) < 4.78 is 6.88. The van der Waals surface area contributed by atoms with Crippen molar-refractivity contribution in [2.45, 2.75) is 18.8 Å².